The Kier molecular flexibility index (Phi) is 9.34. The summed E-state index contributed by atoms with van der Waals surface area (Å²) in [6.45, 7) is 15.1. The van der Waals surface area contributed by atoms with E-state index in [2.05, 4.69) is 129 Å². The minimum Gasteiger partial charge on any atom is -0.311 e. The highest BCUT2D eigenvalue weighted by Crippen LogP contribution is 2.38. The van der Waals surface area contributed by atoms with E-state index in [-0.39, 0.29) is 0 Å². The molecule has 0 radical (unpaired) electrons. The zero-order valence-electron chi connectivity index (χ0n) is 31.7. The first-order valence-electron chi connectivity index (χ1n) is 19.0. The van der Waals surface area contributed by atoms with Crippen LogP contribution in [0.1, 0.15) is 11.1 Å². The molecule has 0 bridgehead atoms. The van der Waals surface area contributed by atoms with Crippen LogP contribution in [0.4, 0.5) is 45.5 Å². The van der Waals surface area contributed by atoms with E-state index in [0.717, 1.165) is 34.1 Å². The second kappa shape index (κ2) is 15.2. The van der Waals surface area contributed by atoms with Crippen LogP contribution in [-0.2, 0) is 0 Å². The van der Waals surface area contributed by atoms with Gasteiger partial charge in [-0.15, -0.1) is 0 Å². The fraction of sp³-hybridized carbons (Fsp3) is 0. The van der Waals surface area contributed by atoms with Crippen LogP contribution in [-0.4, -0.2) is 8.07 Å². The summed E-state index contributed by atoms with van der Waals surface area (Å²) < 4.78 is 0. The highest BCUT2D eigenvalue weighted by molar-refractivity contribution is 7.22. The summed E-state index contributed by atoms with van der Waals surface area (Å²) in [7, 11) is -3.06. The molecule has 8 aromatic carbocycles. The van der Waals surface area contributed by atoms with Gasteiger partial charge in [0.1, 0.15) is 0 Å². The fourth-order valence-corrected chi connectivity index (χ4v) is 13.6. The van der Waals surface area contributed by atoms with Gasteiger partial charge in [0.05, 0.1) is 36.4 Å². The Hall–Kier alpha value is -8.46. The highest BCUT2D eigenvalue weighted by Gasteiger charge is 2.49. The van der Waals surface area contributed by atoms with Crippen LogP contribution in [0.25, 0.3) is 20.8 Å². The van der Waals surface area contributed by atoms with Gasteiger partial charge in [0.15, 0.2) is 19.4 Å². The molecule has 1 aliphatic rings. The smallest absolute Gasteiger partial charge is 0.187 e. The van der Waals surface area contributed by atoms with Gasteiger partial charge < -0.3 is 9.80 Å². The van der Waals surface area contributed by atoms with Crippen molar-refractivity contribution in [1.29, 1.82) is 10.5 Å². The molecule has 0 aliphatic carbocycles. The van der Waals surface area contributed by atoms with Crippen molar-refractivity contribution in [2.75, 3.05) is 9.80 Å². The molecule has 274 valence electrons. The van der Waals surface area contributed by atoms with Gasteiger partial charge in [-0.1, -0.05) is 97.1 Å². The van der Waals surface area contributed by atoms with Gasteiger partial charge in [0.25, 0.3) is 0 Å². The Morgan fingerprint density at radius 3 is 1.10 bits per heavy atom. The number of nitrogens with zero attached hydrogens (tertiary/aromatic N) is 6. The summed E-state index contributed by atoms with van der Waals surface area (Å²) in [4.78, 5) is 11.6. The first kappa shape index (κ1) is 36.2. The van der Waals surface area contributed by atoms with E-state index in [1.807, 2.05) is 97.1 Å². The van der Waals surface area contributed by atoms with Crippen molar-refractivity contribution in [1.82, 2.24) is 0 Å². The van der Waals surface area contributed by atoms with Gasteiger partial charge in [-0.3, -0.25) is 0 Å². The van der Waals surface area contributed by atoms with E-state index in [9.17, 15) is 10.5 Å². The molecule has 0 unspecified atom stereocenters. The van der Waals surface area contributed by atoms with Crippen LogP contribution in [0.3, 0.4) is 0 Å². The van der Waals surface area contributed by atoms with Gasteiger partial charge in [0, 0.05) is 34.1 Å². The number of nitriles is 2. The SMILES string of the molecule is [C-]#[N+]c1ccc(N(c2ccc([N+]#[C-])cc2)c2cccc([Si]3(c4cccc(N(c5ccc(C#N)cc5)c5ccc(C#N)cc5)c4)c4ccccc4-c4ccccc43)c2)cc1. The van der Waals surface area contributed by atoms with Gasteiger partial charge in [0.2, 0.25) is 0 Å². The molecule has 8 aromatic rings. The standard InChI is InChI=1S/C52H32N6Si/c1-55-39-21-29-43(30-22-39)58(44-31-23-40(56-2)24-32-44)46-10-8-12-48(34-46)59(51-15-5-3-13-49(51)50-14-4-6-16-52(50)59)47-11-7-9-45(33-47)57(41-25-17-37(35-53)18-26-41)42-27-19-38(36-54)20-28-42/h3-34H. The molecule has 0 saturated heterocycles. The lowest BCUT2D eigenvalue weighted by Crippen LogP contribution is -2.72. The molecule has 1 heterocycles. The third-order valence-corrected chi connectivity index (χ3v) is 15.9. The van der Waals surface area contributed by atoms with Crippen LogP contribution >= 0.6 is 0 Å². The zero-order valence-corrected chi connectivity index (χ0v) is 32.7. The first-order chi connectivity index (χ1) is 29.0. The summed E-state index contributed by atoms with van der Waals surface area (Å²) in [5, 5.41) is 24.3. The molecule has 59 heavy (non-hydrogen) atoms. The molecule has 7 heteroatoms. The molecular formula is C52H32N6Si. The van der Waals surface area contributed by atoms with Gasteiger partial charge >= 0.3 is 0 Å². The molecule has 1 aliphatic heterocycles. The van der Waals surface area contributed by atoms with Gasteiger partial charge in [-0.2, -0.15) is 10.5 Å². The summed E-state index contributed by atoms with van der Waals surface area (Å²) in [5.74, 6) is 0. The van der Waals surface area contributed by atoms with Crippen molar-refractivity contribution in [3.63, 3.8) is 0 Å². The lowest BCUT2D eigenvalue weighted by atomic mass is 10.1. The Morgan fingerprint density at radius 2 is 0.746 bits per heavy atom. The summed E-state index contributed by atoms with van der Waals surface area (Å²) in [5.41, 5.74) is 10.2. The van der Waals surface area contributed by atoms with Crippen LogP contribution in [0.15, 0.2) is 194 Å². The molecular weight excluding hydrogens is 737 g/mol. The van der Waals surface area contributed by atoms with Crippen LogP contribution < -0.4 is 30.5 Å². The second-order valence-electron chi connectivity index (χ2n) is 14.2. The topological polar surface area (TPSA) is 62.8 Å². The van der Waals surface area contributed by atoms with E-state index in [4.69, 9.17) is 13.1 Å². The quantitative estimate of drug-likeness (QED) is 0.114. The predicted octanol–water partition coefficient (Wildman–Crippen LogP) is 10.8. The van der Waals surface area contributed by atoms with E-state index in [0.29, 0.717) is 22.5 Å². The molecule has 0 aromatic heterocycles. The number of hydrogen-bond donors (Lipinski definition) is 0. The van der Waals surface area contributed by atoms with Crippen LogP contribution in [0.2, 0.25) is 0 Å². The molecule has 6 nitrogen and oxygen atoms in total. The predicted molar refractivity (Wildman–Crippen MR) is 240 cm³/mol. The van der Waals surface area contributed by atoms with Crippen LogP contribution in [0, 0.1) is 35.8 Å². The van der Waals surface area contributed by atoms with Crippen molar-refractivity contribution in [3.8, 4) is 23.3 Å². The minimum absolute atomic E-state index is 0.562. The lowest BCUT2D eigenvalue weighted by molar-refractivity contribution is 1.28. The summed E-state index contributed by atoms with van der Waals surface area (Å²) in [6.07, 6.45) is 0. The largest absolute Gasteiger partial charge is 0.311 e. The average molecular weight is 769 g/mol. The number of hydrogen-bond acceptors (Lipinski definition) is 4. The van der Waals surface area contributed by atoms with E-state index in [1.54, 1.807) is 0 Å². The van der Waals surface area contributed by atoms with E-state index < -0.39 is 8.07 Å². The lowest BCUT2D eigenvalue weighted by Gasteiger charge is -2.34. The number of fused-ring (bicyclic) bond motifs is 3. The number of anilines is 6. The van der Waals surface area contributed by atoms with Gasteiger partial charge in [-0.05, 0) is 129 Å². The molecule has 0 N–H and O–H groups in total. The maximum absolute atomic E-state index is 9.63. The fourth-order valence-electron chi connectivity index (χ4n) is 8.40. The zero-order chi connectivity index (χ0) is 40.3. The molecule has 9 rings (SSSR count). The summed E-state index contributed by atoms with van der Waals surface area (Å²) >= 11 is 0. The number of benzene rings is 8. The third-order valence-electron chi connectivity index (χ3n) is 11.0. The molecule has 0 amide bonds. The minimum atomic E-state index is -3.06. The van der Waals surface area contributed by atoms with Crippen molar-refractivity contribution < 1.29 is 0 Å². The summed E-state index contributed by atoms with van der Waals surface area (Å²) in [6, 6.07) is 70.2. The monoisotopic (exact) mass is 768 g/mol. The first-order valence-corrected chi connectivity index (χ1v) is 21.0. The van der Waals surface area contributed by atoms with Crippen LogP contribution in [0.5, 0.6) is 0 Å². The maximum Gasteiger partial charge on any atom is 0.187 e. The average Bonchev–Trinajstić information content (AvgIpc) is 3.61. The molecule has 0 atom stereocenters. The van der Waals surface area contributed by atoms with Crippen molar-refractivity contribution in [3.05, 3.63) is 228 Å². The van der Waals surface area contributed by atoms with E-state index in [1.165, 1.54) is 31.9 Å². The molecule has 0 saturated carbocycles. The molecule has 0 spiro atoms. The Labute approximate surface area is 344 Å². The Bertz CT molecular complexity index is 2710. The number of rotatable bonds is 8. The Morgan fingerprint density at radius 1 is 0.390 bits per heavy atom. The van der Waals surface area contributed by atoms with Crippen molar-refractivity contribution >= 4 is 74.3 Å². The Balaban J connectivity index is 1.29. The van der Waals surface area contributed by atoms with E-state index >= 15 is 0 Å². The third kappa shape index (κ3) is 6.28. The highest BCUT2D eigenvalue weighted by atomic mass is 28.3. The maximum atomic E-state index is 9.63. The molecule has 0 fully saturated rings. The second-order valence-corrected chi connectivity index (χ2v) is 17.9. The van der Waals surface area contributed by atoms with Gasteiger partial charge in [-0.25, -0.2) is 9.69 Å². The van der Waals surface area contributed by atoms with Crippen molar-refractivity contribution in [2.24, 2.45) is 0 Å². The van der Waals surface area contributed by atoms with Crippen molar-refractivity contribution in [2.45, 2.75) is 0 Å². The normalized spacial score (nSPS) is 11.8.